The van der Waals surface area contributed by atoms with Crippen LogP contribution < -0.4 is 0 Å². The zero-order valence-electron chi connectivity index (χ0n) is 9.19. The quantitative estimate of drug-likeness (QED) is 0.484. The summed E-state index contributed by atoms with van der Waals surface area (Å²) in [5.41, 5.74) is -13.2. The molecule has 0 spiro atoms. The summed E-state index contributed by atoms with van der Waals surface area (Å²) in [6.07, 6.45) is 0. The third-order valence-electron chi connectivity index (χ3n) is 2.10. The van der Waals surface area contributed by atoms with Gasteiger partial charge < -0.3 is 19.6 Å². The van der Waals surface area contributed by atoms with E-state index >= 15 is 0 Å². The van der Waals surface area contributed by atoms with Crippen LogP contribution in [0.3, 0.4) is 0 Å². The maximum Gasteiger partial charge on any atom is 0.401 e. The molecule has 0 bridgehead atoms. The highest BCUT2D eigenvalue weighted by Crippen LogP contribution is 2.61. The van der Waals surface area contributed by atoms with E-state index in [1.807, 2.05) is 0 Å². The van der Waals surface area contributed by atoms with Gasteiger partial charge in [0.1, 0.15) is 11.4 Å². The number of hydrogen-bond acceptors (Lipinski definition) is 3. The predicted molar refractivity (Wildman–Crippen MR) is 56.1 cm³/mol. The van der Waals surface area contributed by atoms with Crippen LogP contribution in [0.4, 0.5) is 17.6 Å². The summed E-state index contributed by atoms with van der Waals surface area (Å²) in [6.45, 7) is 0. The minimum atomic E-state index is -6.04. The van der Waals surface area contributed by atoms with Crippen molar-refractivity contribution in [1.29, 1.82) is 0 Å². The van der Waals surface area contributed by atoms with Crippen molar-refractivity contribution in [3.05, 3.63) is 29.6 Å². The topological polar surface area (TPSA) is 128 Å². The van der Waals surface area contributed by atoms with Gasteiger partial charge in [-0.05, 0) is 12.1 Å². The fourth-order valence-electron chi connectivity index (χ4n) is 1.07. The maximum atomic E-state index is 13.3. The zero-order chi connectivity index (χ0) is 16.0. The van der Waals surface area contributed by atoms with Gasteiger partial charge in [-0.1, -0.05) is 6.07 Å². The molecular formula is C7H7F4NO6P2. The van der Waals surface area contributed by atoms with Crippen molar-refractivity contribution in [2.45, 2.75) is 11.3 Å². The first kappa shape index (κ1) is 17.2. The van der Waals surface area contributed by atoms with E-state index in [0.29, 0.717) is 18.2 Å². The van der Waals surface area contributed by atoms with Crippen LogP contribution in [0, 0.1) is 0 Å². The van der Waals surface area contributed by atoms with Crippen LogP contribution in [-0.2, 0) is 20.5 Å². The highest BCUT2D eigenvalue weighted by molar-refractivity contribution is 7.52. The number of rotatable bonds is 4. The molecule has 0 aliphatic rings. The Hall–Kier alpha value is -0.830. The second-order valence-electron chi connectivity index (χ2n) is 3.58. The van der Waals surface area contributed by atoms with Gasteiger partial charge in [-0.15, -0.1) is 0 Å². The molecule has 4 N–H and O–H groups in total. The molecule has 0 fully saturated rings. The lowest BCUT2D eigenvalue weighted by atomic mass is 10.3. The Labute approximate surface area is 108 Å². The first-order valence-electron chi connectivity index (χ1n) is 4.56. The molecule has 1 aromatic rings. The number of hydrogen-bond donors (Lipinski definition) is 4. The van der Waals surface area contributed by atoms with Gasteiger partial charge in [0.05, 0.1) is 0 Å². The van der Waals surface area contributed by atoms with E-state index in [2.05, 4.69) is 4.98 Å². The van der Waals surface area contributed by atoms with Gasteiger partial charge in [0.15, 0.2) is 0 Å². The molecule has 0 radical (unpaired) electrons. The van der Waals surface area contributed by atoms with Crippen LogP contribution in [-0.4, -0.2) is 24.6 Å². The normalized spacial score (nSPS) is 14.4. The van der Waals surface area contributed by atoms with Crippen molar-refractivity contribution in [1.82, 2.24) is 4.98 Å². The molecule has 0 atom stereocenters. The van der Waals surface area contributed by atoms with Gasteiger partial charge in [0, 0.05) is 0 Å². The third kappa shape index (κ3) is 2.93. The van der Waals surface area contributed by atoms with Crippen molar-refractivity contribution >= 4 is 15.2 Å². The van der Waals surface area contributed by atoms with Crippen molar-refractivity contribution < 1.29 is 46.3 Å². The minimum Gasteiger partial charge on any atom is -0.320 e. The Morgan fingerprint density at radius 3 is 1.40 bits per heavy atom. The molecule has 0 unspecified atom stereocenters. The minimum absolute atomic E-state index is 0.346. The monoisotopic (exact) mass is 339 g/mol. The highest BCUT2D eigenvalue weighted by atomic mass is 31.2. The number of alkyl halides is 4. The first-order chi connectivity index (χ1) is 8.71. The molecule has 0 saturated carbocycles. The Bertz CT molecular complexity index is 562. The van der Waals surface area contributed by atoms with E-state index in [9.17, 15) is 26.7 Å². The summed E-state index contributed by atoms with van der Waals surface area (Å²) in [6, 6.07) is 1.21. The lowest BCUT2D eigenvalue weighted by Crippen LogP contribution is -2.21. The van der Waals surface area contributed by atoms with Gasteiger partial charge in [0.25, 0.3) is 0 Å². The molecule has 13 heteroatoms. The van der Waals surface area contributed by atoms with E-state index in [1.54, 1.807) is 0 Å². The fourth-order valence-corrected chi connectivity index (χ4v) is 1.91. The molecule has 0 amide bonds. The van der Waals surface area contributed by atoms with E-state index in [-0.39, 0.29) is 0 Å². The van der Waals surface area contributed by atoms with E-state index < -0.39 is 37.9 Å². The number of halogens is 4. The molecule has 0 aromatic carbocycles. The maximum absolute atomic E-state index is 13.3. The van der Waals surface area contributed by atoms with Crippen LogP contribution >= 0.6 is 15.2 Å². The fraction of sp³-hybridized carbons (Fsp3) is 0.286. The van der Waals surface area contributed by atoms with Crippen LogP contribution in [0.5, 0.6) is 0 Å². The average Bonchev–Trinajstić information content (AvgIpc) is 2.26. The molecule has 0 saturated heterocycles. The Morgan fingerprint density at radius 2 is 1.15 bits per heavy atom. The first-order valence-corrected chi connectivity index (χ1v) is 7.78. The molecular weight excluding hydrogens is 332 g/mol. The van der Waals surface area contributed by atoms with Crippen molar-refractivity contribution in [2.24, 2.45) is 0 Å². The summed E-state index contributed by atoms with van der Waals surface area (Å²) in [4.78, 5) is 36.3. The van der Waals surface area contributed by atoms with Gasteiger partial charge in [0.2, 0.25) is 0 Å². The van der Waals surface area contributed by atoms with E-state index in [1.165, 1.54) is 0 Å². The third-order valence-corrected chi connectivity index (χ3v) is 4.02. The van der Waals surface area contributed by atoms with Gasteiger partial charge in [-0.25, -0.2) is 4.98 Å². The standard InChI is InChI=1S/C7H7F4NO6P2/c8-6(9,19(13,14)15)4-2-1-3-5(12-4)7(10,11)20(16,17)18/h1-3H,(H2,13,14,15)(H2,16,17,18). The van der Waals surface area contributed by atoms with Crippen molar-refractivity contribution in [3.63, 3.8) is 0 Å². The van der Waals surface area contributed by atoms with Crippen LogP contribution in [0.2, 0.25) is 0 Å². The predicted octanol–water partition coefficient (Wildman–Crippen LogP) is 1.54. The SMILES string of the molecule is O=P(O)(O)C(F)(F)c1cccc(C(F)(F)P(=O)(O)O)n1. The van der Waals surface area contributed by atoms with Gasteiger partial charge in [-0.3, -0.25) is 9.13 Å². The molecule has 1 aromatic heterocycles. The number of aromatic nitrogens is 1. The Balaban J connectivity index is 3.44. The van der Waals surface area contributed by atoms with Crippen LogP contribution in [0.15, 0.2) is 18.2 Å². The molecule has 7 nitrogen and oxygen atoms in total. The lowest BCUT2D eigenvalue weighted by Gasteiger charge is -2.20. The molecule has 20 heavy (non-hydrogen) atoms. The van der Waals surface area contributed by atoms with E-state index in [0.717, 1.165) is 0 Å². The van der Waals surface area contributed by atoms with Gasteiger partial charge in [-0.2, -0.15) is 17.6 Å². The summed E-state index contributed by atoms with van der Waals surface area (Å²) in [5, 5.41) is 0. The van der Waals surface area contributed by atoms with Crippen molar-refractivity contribution in [3.8, 4) is 0 Å². The van der Waals surface area contributed by atoms with E-state index in [4.69, 9.17) is 19.6 Å². The van der Waals surface area contributed by atoms with Crippen molar-refractivity contribution in [2.75, 3.05) is 0 Å². The summed E-state index contributed by atoms with van der Waals surface area (Å²) in [7, 11) is -12.1. The molecule has 0 aliphatic carbocycles. The zero-order valence-corrected chi connectivity index (χ0v) is 11.0. The summed E-state index contributed by atoms with van der Waals surface area (Å²) < 4.78 is 74.2. The van der Waals surface area contributed by atoms with Crippen LogP contribution in [0.25, 0.3) is 0 Å². The Morgan fingerprint density at radius 1 is 0.850 bits per heavy atom. The molecule has 114 valence electrons. The largest absolute Gasteiger partial charge is 0.401 e. The highest BCUT2D eigenvalue weighted by Gasteiger charge is 2.55. The summed E-state index contributed by atoms with van der Waals surface area (Å²) >= 11 is 0. The van der Waals surface area contributed by atoms with Gasteiger partial charge >= 0.3 is 26.5 Å². The number of nitrogens with zero attached hydrogens (tertiary/aromatic N) is 1. The second-order valence-corrected chi connectivity index (χ2v) is 6.88. The molecule has 0 aliphatic heterocycles. The molecule has 1 rings (SSSR count). The Kier molecular flexibility index (Phi) is 4.19. The van der Waals surface area contributed by atoms with Crippen LogP contribution in [0.1, 0.15) is 11.4 Å². The summed E-state index contributed by atoms with van der Waals surface area (Å²) in [5.74, 6) is 0. The smallest absolute Gasteiger partial charge is 0.320 e. The number of pyridine rings is 1. The molecule has 1 heterocycles. The lowest BCUT2D eigenvalue weighted by molar-refractivity contribution is 0.0410. The average molecular weight is 339 g/mol. The second kappa shape index (κ2) is 4.87.